The minimum atomic E-state index is 0. The fourth-order valence-electron chi connectivity index (χ4n) is 2.50. The summed E-state index contributed by atoms with van der Waals surface area (Å²) in [5, 5.41) is 6.40. The number of rotatable bonds is 10. The van der Waals surface area contributed by atoms with Crippen LogP contribution in [-0.4, -0.2) is 48.1 Å². The molecule has 0 aromatic carbocycles. The molecule has 7 nitrogen and oxygen atoms in total. The highest BCUT2D eigenvalue weighted by Gasteiger charge is 2.13. The number of halogens is 1. The van der Waals surface area contributed by atoms with E-state index in [9.17, 15) is 0 Å². The van der Waals surface area contributed by atoms with Gasteiger partial charge in [-0.3, -0.25) is 0 Å². The van der Waals surface area contributed by atoms with Crippen LogP contribution in [0.5, 0.6) is 5.88 Å². The quantitative estimate of drug-likeness (QED) is 0.280. The standard InChI is InChI=1S/C20H31N5O2S.HI/c1-6-11-27-18-16(9-8-10-22-18)12-23-20(21-7-2)25(4)13-17-14-28-19(24-17)15(3)26-5;/h8-10,14-15H,6-7,11-13H2,1-5H3,(H,21,23);1H. The van der Waals surface area contributed by atoms with Gasteiger partial charge in [0.15, 0.2) is 5.96 Å². The van der Waals surface area contributed by atoms with Crippen LogP contribution in [0, 0.1) is 0 Å². The first-order valence-corrected chi connectivity index (χ1v) is 10.5. The monoisotopic (exact) mass is 533 g/mol. The summed E-state index contributed by atoms with van der Waals surface area (Å²) < 4.78 is 11.1. The molecular formula is C20H32IN5O2S. The van der Waals surface area contributed by atoms with E-state index in [4.69, 9.17) is 14.5 Å². The number of hydrogen-bond donors (Lipinski definition) is 1. The molecule has 1 N–H and O–H groups in total. The van der Waals surface area contributed by atoms with E-state index in [0.29, 0.717) is 25.6 Å². The zero-order chi connectivity index (χ0) is 20.4. The van der Waals surface area contributed by atoms with E-state index in [1.165, 1.54) is 0 Å². The van der Waals surface area contributed by atoms with E-state index in [-0.39, 0.29) is 30.1 Å². The molecule has 0 amide bonds. The normalized spacial score (nSPS) is 12.2. The van der Waals surface area contributed by atoms with Crippen molar-refractivity contribution in [1.29, 1.82) is 0 Å². The van der Waals surface area contributed by atoms with Crippen LogP contribution in [0.2, 0.25) is 0 Å². The third-order valence-corrected chi connectivity index (χ3v) is 5.11. The van der Waals surface area contributed by atoms with Crippen LogP contribution in [-0.2, 0) is 17.8 Å². The Morgan fingerprint density at radius 1 is 1.38 bits per heavy atom. The van der Waals surface area contributed by atoms with Gasteiger partial charge in [0.25, 0.3) is 0 Å². The van der Waals surface area contributed by atoms with Crippen molar-refractivity contribution in [1.82, 2.24) is 20.2 Å². The molecule has 0 aliphatic carbocycles. The Bertz CT molecular complexity index is 756. The molecule has 0 spiro atoms. The van der Waals surface area contributed by atoms with Crippen molar-refractivity contribution in [2.45, 2.75) is 46.4 Å². The Balaban J connectivity index is 0.00000420. The number of pyridine rings is 1. The highest BCUT2D eigenvalue weighted by Crippen LogP contribution is 2.21. The van der Waals surface area contributed by atoms with Crippen LogP contribution in [0.15, 0.2) is 28.7 Å². The van der Waals surface area contributed by atoms with Gasteiger partial charge >= 0.3 is 0 Å². The largest absolute Gasteiger partial charge is 0.477 e. The number of aliphatic imine (C=N–C) groups is 1. The van der Waals surface area contributed by atoms with Gasteiger partial charge in [0, 0.05) is 37.8 Å². The van der Waals surface area contributed by atoms with Gasteiger partial charge < -0.3 is 19.7 Å². The number of thiazole rings is 1. The SMILES string of the molecule is CCCOc1ncccc1CN=C(NCC)N(C)Cc1csc(C(C)OC)n1.I. The van der Waals surface area contributed by atoms with Crippen molar-refractivity contribution in [2.75, 3.05) is 27.3 Å². The lowest BCUT2D eigenvalue weighted by atomic mass is 10.3. The van der Waals surface area contributed by atoms with Crippen LogP contribution >= 0.6 is 35.3 Å². The second-order valence-corrected chi connectivity index (χ2v) is 7.29. The van der Waals surface area contributed by atoms with E-state index in [1.807, 2.05) is 26.1 Å². The van der Waals surface area contributed by atoms with Gasteiger partial charge in [-0.2, -0.15) is 0 Å². The van der Waals surface area contributed by atoms with E-state index < -0.39 is 0 Å². The van der Waals surface area contributed by atoms with Crippen LogP contribution in [0.1, 0.15) is 49.6 Å². The van der Waals surface area contributed by atoms with Gasteiger partial charge in [0.05, 0.1) is 25.4 Å². The third-order valence-electron chi connectivity index (χ3n) is 4.06. The van der Waals surface area contributed by atoms with Gasteiger partial charge in [0.1, 0.15) is 11.1 Å². The average Bonchev–Trinajstić information content (AvgIpc) is 3.17. The van der Waals surface area contributed by atoms with Gasteiger partial charge in [-0.1, -0.05) is 13.0 Å². The number of hydrogen-bond acceptors (Lipinski definition) is 6. The molecule has 2 heterocycles. The highest BCUT2D eigenvalue weighted by molar-refractivity contribution is 14.0. The van der Waals surface area contributed by atoms with E-state index in [0.717, 1.165) is 35.2 Å². The van der Waals surface area contributed by atoms with Crippen LogP contribution in [0.4, 0.5) is 0 Å². The zero-order valence-electron chi connectivity index (χ0n) is 17.8. The molecule has 0 aliphatic rings. The Hall–Kier alpha value is -1.46. The van der Waals surface area contributed by atoms with Crippen molar-refractivity contribution < 1.29 is 9.47 Å². The van der Waals surface area contributed by atoms with Crippen LogP contribution in [0.3, 0.4) is 0 Å². The van der Waals surface area contributed by atoms with Gasteiger partial charge in [0.2, 0.25) is 5.88 Å². The predicted molar refractivity (Wildman–Crippen MR) is 129 cm³/mol. The summed E-state index contributed by atoms with van der Waals surface area (Å²) in [7, 11) is 3.71. The molecule has 2 aromatic rings. The number of nitrogens with zero attached hydrogens (tertiary/aromatic N) is 4. The maximum absolute atomic E-state index is 5.74. The number of ether oxygens (including phenoxy) is 2. The topological polar surface area (TPSA) is 71.9 Å². The predicted octanol–water partition coefficient (Wildman–Crippen LogP) is 4.25. The number of guanidine groups is 1. The molecule has 0 bridgehead atoms. The lowest BCUT2D eigenvalue weighted by Gasteiger charge is -2.21. The molecule has 29 heavy (non-hydrogen) atoms. The fourth-order valence-corrected chi connectivity index (χ4v) is 3.35. The molecule has 0 saturated heterocycles. The maximum Gasteiger partial charge on any atom is 0.218 e. The molecule has 1 atom stereocenters. The van der Waals surface area contributed by atoms with Crippen molar-refractivity contribution in [2.24, 2.45) is 4.99 Å². The minimum Gasteiger partial charge on any atom is -0.477 e. The lowest BCUT2D eigenvalue weighted by Crippen LogP contribution is -2.38. The Morgan fingerprint density at radius 3 is 2.86 bits per heavy atom. The molecular weight excluding hydrogens is 501 g/mol. The molecule has 2 rings (SSSR count). The zero-order valence-corrected chi connectivity index (χ0v) is 21.0. The van der Waals surface area contributed by atoms with Crippen molar-refractivity contribution in [3.63, 3.8) is 0 Å². The third kappa shape index (κ3) is 8.06. The Labute approximate surface area is 195 Å². The average molecular weight is 533 g/mol. The molecule has 162 valence electrons. The van der Waals surface area contributed by atoms with Gasteiger partial charge in [-0.25, -0.2) is 15.0 Å². The summed E-state index contributed by atoms with van der Waals surface area (Å²) >= 11 is 1.62. The first-order chi connectivity index (χ1) is 13.6. The van der Waals surface area contributed by atoms with Crippen LogP contribution in [0.25, 0.3) is 0 Å². The fraction of sp³-hybridized carbons (Fsp3) is 0.550. The summed E-state index contributed by atoms with van der Waals surface area (Å²) in [5.41, 5.74) is 1.98. The summed E-state index contributed by atoms with van der Waals surface area (Å²) in [6.07, 6.45) is 2.70. The van der Waals surface area contributed by atoms with Gasteiger partial charge in [-0.15, -0.1) is 35.3 Å². The van der Waals surface area contributed by atoms with E-state index >= 15 is 0 Å². The van der Waals surface area contributed by atoms with E-state index in [2.05, 4.69) is 39.4 Å². The smallest absolute Gasteiger partial charge is 0.218 e. The second kappa shape index (κ2) is 13.7. The first kappa shape index (κ1) is 25.6. The molecule has 1 unspecified atom stereocenters. The maximum atomic E-state index is 5.74. The van der Waals surface area contributed by atoms with E-state index in [1.54, 1.807) is 24.6 Å². The summed E-state index contributed by atoms with van der Waals surface area (Å²) in [5.74, 6) is 1.48. The Morgan fingerprint density at radius 2 is 2.17 bits per heavy atom. The highest BCUT2D eigenvalue weighted by atomic mass is 127. The molecule has 0 radical (unpaired) electrons. The summed E-state index contributed by atoms with van der Waals surface area (Å²) in [4.78, 5) is 15.8. The molecule has 0 aliphatic heterocycles. The van der Waals surface area contributed by atoms with Crippen molar-refractivity contribution in [3.05, 3.63) is 40.0 Å². The Kier molecular flexibility index (Phi) is 12.1. The number of methoxy groups -OCH3 is 1. The van der Waals surface area contributed by atoms with Crippen molar-refractivity contribution in [3.8, 4) is 5.88 Å². The lowest BCUT2D eigenvalue weighted by molar-refractivity contribution is 0.119. The molecule has 0 saturated carbocycles. The second-order valence-electron chi connectivity index (χ2n) is 6.40. The van der Waals surface area contributed by atoms with Crippen molar-refractivity contribution >= 4 is 41.3 Å². The van der Waals surface area contributed by atoms with Crippen LogP contribution < -0.4 is 10.1 Å². The molecule has 9 heteroatoms. The number of nitrogens with one attached hydrogen (secondary N) is 1. The summed E-state index contributed by atoms with van der Waals surface area (Å²) in [6.45, 7) is 8.76. The van der Waals surface area contributed by atoms with Gasteiger partial charge in [-0.05, 0) is 26.3 Å². The molecule has 2 aromatic heterocycles. The minimum absolute atomic E-state index is 0. The first-order valence-electron chi connectivity index (χ1n) is 9.62. The molecule has 0 fully saturated rings. The number of aromatic nitrogens is 2. The summed E-state index contributed by atoms with van der Waals surface area (Å²) in [6, 6.07) is 3.91.